The van der Waals surface area contributed by atoms with Crippen LogP contribution in [0.2, 0.25) is 0 Å². The van der Waals surface area contributed by atoms with E-state index in [0.29, 0.717) is 24.6 Å². The molecule has 1 unspecified atom stereocenters. The molecule has 116 valence electrons. The zero-order valence-corrected chi connectivity index (χ0v) is 12.8. The van der Waals surface area contributed by atoms with Crippen molar-refractivity contribution in [3.05, 3.63) is 18.0 Å². The summed E-state index contributed by atoms with van der Waals surface area (Å²) in [6, 6.07) is 1.77. The summed E-state index contributed by atoms with van der Waals surface area (Å²) in [6.07, 6.45) is 3.57. The molecule has 2 heterocycles. The lowest BCUT2D eigenvalue weighted by Gasteiger charge is -2.31. The number of piperidine rings is 1. The highest BCUT2D eigenvalue weighted by Gasteiger charge is 2.27. The molecule has 1 atom stereocenters. The Balaban J connectivity index is 2.09. The Bertz CT molecular complexity index is 493. The molecule has 0 saturated carbocycles. The van der Waals surface area contributed by atoms with Crippen molar-refractivity contribution in [3.63, 3.8) is 0 Å². The number of esters is 1. The Hall–Kier alpha value is -1.82. The zero-order chi connectivity index (χ0) is 15.2. The van der Waals surface area contributed by atoms with E-state index in [1.807, 2.05) is 0 Å². The van der Waals surface area contributed by atoms with Crippen LogP contribution in [-0.4, -0.2) is 50.3 Å². The van der Waals surface area contributed by atoms with E-state index in [0.717, 1.165) is 25.1 Å². The molecule has 1 aliphatic heterocycles. The number of hydrogen-bond donors (Lipinski definition) is 0. The molecule has 1 aliphatic rings. The third-order valence-electron chi connectivity index (χ3n) is 3.78. The van der Waals surface area contributed by atoms with Gasteiger partial charge in [0.05, 0.1) is 27.2 Å². The van der Waals surface area contributed by atoms with Crippen molar-refractivity contribution in [3.8, 4) is 11.5 Å². The molecular formula is C15H22N2O4. The minimum Gasteiger partial charge on any atom is -0.493 e. The molecule has 1 saturated heterocycles. The van der Waals surface area contributed by atoms with Crippen molar-refractivity contribution in [2.24, 2.45) is 5.92 Å². The highest BCUT2D eigenvalue weighted by atomic mass is 16.5. The number of nitrogens with zero attached hydrogens (tertiary/aromatic N) is 2. The number of ether oxygens (including phenoxy) is 3. The predicted octanol–water partition coefficient (Wildman–Crippen LogP) is 1.48. The van der Waals surface area contributed by atoms with Gasteiger partial charge in [-0.3, -0.25) is 14.7 Å². The quantitative estimate of drug-likeness (QED) is 0.767. The molecule has 1 fully saturated rings. The van der Waals surface area contributed by atoms with Gasteiger partial charge in [-0.1, -0.05) is 0 Å². The van der Waals surface area contributed by atoms with Crippen LogP contribution in [0.3, 0.4) is 0 Å². The number of hydrogen-bond acceptors (Lipinski definition) is 6. The predicted molar refractivity (Wildman–Crippen MR) is 77.4 cm³/mol. The molecular weight excluding hydrogens is 272 g/mol. The Kier molecular flexibility index (Phi) is 5.38. The van der Waals surface area contributed by atoms with Gasteiger partial charge < -0.3 is 14.2 Å². The first kappa shape index (κ1) is 15.6. The van der Waals surface area contributed by atoms with Crippen LogP contribution in [0.1, 0.15) is 18.5 Å². The number of carbonyl (C=O) groups excluding carboxylic acids is 1. The second-order valence-electron chi connectivity index (χ2n) is 5.09. The molecule has 6 heteroatoms. The van der Waals surface area contributed by atoms with Crippen LogP contribution in [-0.2, 0) is 16.1 Å². The lowest BCUT2D eigenvalue weighted by atomic mass is 9.98. The molecule has 2 rings (SSSR count). The normalized spacial score (nSPS) is 19.1. The number of pyridine rings is 1. The van der Waals surface area contributed by atoms with Crippen molar-refractivity contribution in [2.75, 3.05) is 34.4 Å². The molecule has 6 nitrogen and oxygen atoms in total. The van der Waals surface area contributed by atoms with Crippen molar-refractivity contribution in [1.29, 1.82) is 0 Å². The van der Waals surface area contributed by atoms with Gasteiger partial charge in [-0.05, 0) is 19.4 Å². The summed E-state index contributed by atoms with van der Waals surface area (Å²) in [5.41, 5.74) is 0.822. The van der Waals surface area contributed by atoms with Gasteiger partial charge in [0, 0.05) is 25.4 Å². The summed E-state index contributed by atoms with van der Waals surface area (Å²) in [4.78, 5) is 18.3. The third-order valence-corrected chi connectivity index (χ3v) is 3.78. The molecule has 0 amide bonds. The van der Waals surface area contributed by atoms with Crippen molar-refractivity contribution >= 4 is 5.97 Å². The first-order valence-electron chi connectivity index (χ1n) is 7.05. The first-order valence-corrected chi connectivity index (χ1v) is 7.05. The van der Waals surface area contributed by atoms with Gasteiger partial charge in [0.25, 0.3) is 0 Å². The smallest absolute Gasteiger partial charge is 0.309 e. The Morgan fingerprint density at radius 3 is 2.86 bits per heavy atom. The van der Waals surface area contributed by atoms with Crippen LogP contribution >= 0.6 is 0 Å². The van der Waals surface area contributed by atoms with Gasteiger partial charge in [0.2, 0.25) is 0 Å². The van der Waals surface area contributed by atoms with Crippen LogP contribution in [0.4, 0.5) is 0 Å². The highest BCUT2D eigenvalue weighted by molar-refractivity contribution is 5.72. The number of aromatic nitrogens is 1. The van der Waals surface area contributed by atoms with Gasteiger partial charge in [-0.15, -0.1) is 0 Å². The Labute approximate surface area is 125 Å². The van der Waals surface area contributed by atoms with E-state index in [9.17, 15) is 4.79 Å². The van der Waals surface area contributed by atoms with Gasteiger partial charge >= 0.3 is 5.97 Å². The number of methoxy groups -OCH3 is 3. The molecule has 0 N–H and O–H groups in total. The summed E-state index contributed by atoms with van der Waals surface area (Å²) in [6.45, 7) is 2.26. The maximum atomic E-state index is 11.7. The summed E-state index contributed by atoms with van der Waals surface area (Å²) in [5, 5.41) is 0. The average Bonchev–Trinajstić information content (AvgIpc) is 2.54. The summed E-state index contributed by atoms with van der Waals surface area (Å²) >= 11 is 0. The highest BCUT2D eigenvalue weighted by Crippen LogP contribution is 2.30. The second kappa shape index (κ2) is 7.26. The van der Waals surface area contributed by atoms with E-state index >= 15 is 0 Å². The van der Waals surface area contributed by atoms with Crippen LogP contribution in [0.15, 0.2) is 12.3 Å². The monoisotopic (exact) mass is 294 g/mol. The largest absolute Gasteiger partial charge is 0.493 e. The number of rotatable bonds is 5. The molecule has 1 aromatic heterocycles. The molecule has 0 radical (unpaired) electrons. The zero-order valence-electron chi connectivity index (χ0n) is 12.8. The molecule has 0 spiro atoms. The van der Waals surface area contributed by atoms with E-state index in [-0.39, 0.29) is 11.9 Å². The van der Waals surface area contributed by atoms with Crippen LogP contribution in [0.25, 0.3) is 0 Å². The van der Waals surface area contributed by atoms with E-state index in [2.05, 4.69) is 9.88 Å². The second-order valence-corrected chi connectivity index (χ2v) is 5.09. The molecule has 0 bridgehead atoms. The van der Waals surface area contributed by atoms with E-state index in [1.165, 1.54) is 7.11 Å². The minimum absolute atomic E-state index is 0.0552. The van der Waals surface area contributed by atoms with E-state index in [4.69, 9.17) is 14.2 Å². The fourth-order valence-corrected chi connectivity index (χ4v) is 2.73. The fourth-order valence-electron chi connectivity index (χ4n) is 2.73. The van der Waals surface area contributed by atoms with Crippen LogP contribution in [0, 0.1) is 5.92 Å². The SMILES string of the molecule is COC(=O)C1CCCN(Cc2nccc(OC)c2OC)C1. The number of likely N-dealkylation sites (tertiary alicyclic amines) is 1. The fraction of sp³-hybridized carbons (Fsp3) is 0.600. The maximum absolute atomic E-state index is 11.7. The summed E-state index contributed by atoms with van der Waals surface area (Å²) in [7, 11) is 4.65. The molecule has 21 heavy (non-hydrogen) atoms. The lowest BCUT2D eigenvalue weighted by molar-refractivity contribution is -0.147. The first-order chi connectivity index (χ1) is 10.2. The Morgan fingerprint density at radius 1 is 1.38 bits per heavy atom. The molecule has 1 aromatic rings. The van der Waals surface area contributed by atoms with E-state index in [1.54, 1.807) is 26.5 Å². The van der Waals surface area contributed by atoms with Crippen molar-refractivity contribution in [1.82, 2.24) is 9.88 Å². The topological polar surface area (TPSA) is 60.9 Å². The minimum atomic E-state index is -0.134. The van der Waals surface area contributed by atoms with Gasteiger partial charge in [0.1, 0.15) is 5.69 Å². The average molecular weight is 294 g/mol. The Morgan fingerprint density at radius 2 is 2.19 bits per heavy atom. The summed E-state index contributed by atoms with van der Waals surface area (Å²) < 4.78 is 15.5. The van der Waals surface area contributed by atoms with Crippen molar-refractivity contribution in [2.45, 2.75) is 19.4 Å². The lowest BCUT2D eigenvalue weighted by Crippen LogP contribution is -2.38. The van der Waals surface area contributed by atoms with Gasteiger partial charge in [-0.25, -0.2) is 0 Å². The maximum Gasteiger partial charge on any atom is 0.309 e. The van der Waals surface area contributed by atoms with Gasteiger partial charge in [0.15, 0.2) is 11.5 Å². The molecule has 0 aromatic carbocycles. The molecule has 0 aliphatic carbocycles. The summed E-state index contributed by atoms with van der Waals surface area (Å²) in [5.74, 6) is 1.13. The number of carbonyl (C=O) groups is 1. The van der Waals surface area contributed by atoms with Crippen LogP contribution < -0.4 is 9.47 Å². The standard InChI is InChI=1S/C15H22N2O4/c1-19-13-6-7-16-12(14(13)20-2)10-17-8-4-5-11(9-17)15(18)21-3/h6-7,11H,4-5,8-10H2,1-3H3. The third kappa shape index (κ3) is 3.64. The van der Waals surface area contributed by atoms with Gasteiger partial charge in [-0.2, -0.15) is 0 Å². The van der Waals surface area contributed by atoms with E-state index < -0.39 is 0 Å². The van der Waals surface area contributed by atoms with Crippen LogP contribution in [0.5, 0.6) is 11.5 Å². The van der Waals surface area contributed by atoms with Crippen molar-refractivity contribution < 1.29 is 19.0 Å².